The summed E-state index contributed by atoms with van der Waals surface area (Å²) in [5.41, 5.74) is 0. The Hall–Kier alpha value is -1.16. The van der Waals surface area contributed by atoms with Crippen molar-refractivity contribution in [2.75, 3.05) is 5.32 Å². The van der Waals surface area contributed by atoms with Crippen molar-refractivity contribution < 1.29 is 5.11 Å². The number of hydrogen-bond acceptors (Lipinski definition) is 4. The Labute approximate surface area is 83.4 Å². The van der Waals surface area contributed by atoms with Gasteiger partial charge in [-0.3, -0.25) is 0 Å². The Morgan fingerprint density at radius 3 is 3.00 bits per heavy atom. The predicted molar refractivity (Wildman–Crippen MR) is 54.0 cm³/mol. The molecule has 4 nitrogen and oxygen atoms in total. The van der Waals surface area contributed by atoms with Gasteiger partial charge in [-0.05, 0) is 32.3 Å². The molecule has 0 bridgehead atoms. The smallest absolute Gasteiger partial charge is 0.129 e. The summed E-state index contributed by atoms with van der Waals surface area (Å²) in [6.07, 6.45) is 4.49. The summed E-state index contributed by atoms with van der Waals surface area (Å²) in [5.74, 6) is 1.56. The molecule has 2 atom stereocenters. The molecule has 0 radical (unpaired) electrons. The lowest BCUT2D eigenvalue weighted by Gasteiger charge is -2.16. The number of nitrogens with zero attached hydrogens (tertiary/aromatic N) is 2. The SMILES string of the molecule is Cc1nccc(NC2CCCC2O)n1. The van der Waals surface area contributed by atoms with Gasteiger partial charge < -0.3 is 10.4 Å². The van der Waals surface area contributed by atoms with E-state index in [0.29, 0.717) is 0 Å². The van der Waals surface area contributed by atoms with Crippen molar-refractivity contribution in [2.24, 2.45) is 0 Å². The molecule has 1 aromatic rings. The van der Waals surface area contributed by atoms with Gasteiger partial charge in [-0.15, -0.1) is 0 Å². The van der Waals surface area contributed by atoms with Crippen molar-refractivity contribution in [2.45, 2.75) is 38.3 Å². The van der Waals surface area contributed by atoms with Crippen LogP contribution in [0.4, 0.5) is 5.82 Å². The molecule has 4 heteroatoms. The first kappa shape index (κ1) is 9.40. The number of rotatable bonds is 2. The summed E-state index contributed by atoms with van der Waals surface area (Å²) in [5, 5.41) is 12.8. The molecule has 2 rings (SSSR count). The van der Waals surface area contributed by atoms with Crippen LogP contribution in [-0.4, -0.2) is 27.2 Å². The lowest BCUT2D eigenvalue weighted by molar-refractivity contribution is 0.171. The van der Waals surface area contributed by atoms with Gasteiger partial charge in [-0.2, -0.15) is 0 Å². The topological polar surface area (TPSA) is 58.0 Å². The van der Waals surface area contributed by atoms with E-state index in [1.165, 1.54) is 0 Å². The average Bonchev–Trinajstić information content (AvgIpc) is 2.52. The Morgan fingerprint density at radius 2 is 2.36 bits per heavy atom. The summed E-state index contributed by atoms with van der Waals surface area (Å²) in [4.78, 5) is 8.26. The van der Waals surface area contributed by atoms with Gasteiger partial charge in [0.25, 0.3) is 0 Å². The van der Waals surface area contributed by atoms with Gasteiger partial charge in [0.05, 0.1) is 12.1 Å². The molecule has 0 aromatic carbocycles. The first-order valence-corrected chi connectivity index (χ1v) is 5.00. The third kappa shape index (κ3) is 2.01. The molecule has 1 heterocycles. The van der Waals surface area contributed by atoms with Crippen molar-refractivity contribution in [1.29, 1.82) is 0 Å². The maximum absolute atomic E-state index is 9.61. The average molecular weight is 193 g/mol. The van der Waals surface area contributed by atoms with Gasteiger partial charge in [-0.25, -0.2) is 9.97 Å². The van der Waals surface area contributed by atoms with E-state index in [4.69, 9.17) is 0 Å². The van der Waals surface area contributed by atoms with Crippen LogP contribution in [0, 0.1) is 6.92 Å². The maximum Gasteiger partial charge on any atom is 0.129 e. The fourth-order valence-corrected chi connectivity index (χ4v) is 1.84. The second-order valence-corrected chi connectivity index (χ2v) is 3.74. The molecule has 1 aliphatic rings. The van der Waals surface area contributed by atoms with Crippen LogP contribution in [0.25, 0.3) is 0 Å². The van der Waals surface area contributed by atoms with E-state index >= 15 is 0 Å². The van der Waals surface area contributed by atoms with E-state index < -0.39 is 0 Å². The molecular formula is C10H15N3O. The molecule has 1 saturated carbocycles. The second kappa shape index (κ2) is 3.92. The summed E-state index contributed by atoms with van der Waals surface area (Å²) in [6, 6.07) is 1.99. The van der Waals surface area contributed by atoms with Crippen LogP contribution >= 0.6 is 0 Å². The van der Waals surface area contributed by atoms with E-state index in [0.717, 1.165) is 30.9 Å². The maximum atomic E-state index is 9.61. The van der Waals surface area contributed by atoms with E-state index in [1.54, 1.807) is 6.20 Å². The molecule has 1 aromatic heterocycles. The monoisotopic (exact) mass is 193 g/mol. The van der Waals surface area contributed by atoms with Gasteiger partial charge in [0.15, 0.2) is 0 Å². The summed E-state index contributed by atoms with van der Waals surface area (Å²) >= 11 is 0. The number of aliphatic hydroxyl groups is 1. The van der Waals surface area contributed by atoms with Crippen molar-refractivity contribution >= 4 is 5.82 Å². The number of aryl methyl sites for hydroxylation is 1. The molecule has 2 unspecified atom stereocenters. The summed E-state index contributed by atoms with van der Waals surface area (Å²) in [7, 11) is 0. The van der Waals surface area contributed by atoms with Crippen LogP contribution in [0.5, 0.6) is 0 Å². The Morgan fingerprint density at radius 1 is 1.50 bits per heavy atom. The quantitative estimate of drug-likeness (QED) is 0.738. The highest BCUT2D eigenvalue weighted by atomic mass is 16.3. The van der Waals surface area contributed by atoms with Gasteiger partial charge >= 0.3 is 0 Å². The van der Waals surface area contributed by atoms with Gasteiger partial charge in [-0.1, -0.05) is 0 Å². The van der Waals surface area contributed by atoms with E-state index in [2.05, 4.69) is 15.3 Å². The van der Waals surface area contributed by atoms with Gasteiger partial charge in [0.1, 0.15) is 11.6 Å². The van der Waals surface area contributed by atoms with Crippen molar-refractivity contribution in [3.63, 3.8) is 0 Å². The Bertz CT molecular complexity index is 316. The van der Waals surface area contributed by atoms with Crippen LogP contribution < -0.4 is 5.32 Å². The van der Waals surface area contributed by atoms with Crippen LogP contribution in [0.1, 0.15) is 25.1 Å². The van der Waals surface area contributed by atoms with Crippen LogP contribution in [0.2, 0.25) is 0 Å². The number of anilines is 1. The predicted octanol–water partition coefficient (Wildman–Crippen LogP) is 1.11. The second-order valence-electron chi connectivity index (χ2n) is 3.74. The summed E-state index contributed by atoms with van der Waals surface area (Å²) < 4.78 is 0. The molecule has 0 aliphatic heterocycles. The first-order valence-electron chi connectivity index (χ1n) is 5.00. The zero-order valence-corrected chi connectivity index (χ0v) is 8.27. The minimum Gasteiger partial charge on any atom is -0.391 e. The minimum absolute atomic E-state index is 0.157. The molecule has 76 valence electrons. The molecule has 0 spiro atoms. The Kier molecular flexibility index (Phi) is 2.63. The molecule has 1 aliphatic carbocycles. The standard InChI is InChI=1S/C10H15N3O/c1-7-11-6-5-10(12-7)13-8-3-2-4-9(8)14/h5-6,8-9,14H,2-4H2,1H3,(H,11,12,13). The van der Waals surface area contributed by atoms with E-state index in [9.17, 15) is 5.11 Å². The Balaban J connectivity index is 2.03. The van der Waals surface area contributed by atoms with Crippen molar-refractivity contribution in [3.8, 4) is 0 Å². The lowest BCUT2D eigenvalue weighted by Crippen LogP contribution is -2.28. The number of nitrogens with one attached hydrogen (secondary N) is 1. The van der Waals surface area contributed by atoms with E-state index in [1.807, 2.05) is 13.0 Å². The molecule has 14 heavy (non-hydrogen) atoms. The van der Waals surface area contributed by atoms with Crippen molar-refractivity contribution in [1.82, 2.24) is 9.97 Å². The number of hydrogen-bond donors (Lipinski definition) is 2. The number of aromatic nitrogens is 2. The van der Waals surface area contributed by atoms with Crippen LogP contribution in [0.3, 0.4) is 0 Å². The van der Waals surface area contributed by atoms with Gasteiger partial charge in [0, 0.05) is 6.20 Å². The lowest BCUT2D eigenvalue weighted by atomic mass is 10.2. The third-order valence-electron chi connectivity index (χ3n) is 2.59. The zero-order valence-electron chi connectivity index (χ0n) is 8.27. The molecule has 2 N–H and O–H groups in total. The fourth-order valence-electron chi connectivity index (χ4n) is 1.84. The van der Waals surface area contributed by atoms with Crippen molar-refractivity contribution in [3.05, 3.63) is 18.1 Å². The largest absolute Gasteiger partial charge is 0.391 e. The minimum atomic E-state index is -0.231. The number of aliphatic hydroxyl groups excluding tert-OH is 1. The highest BCUT2D eigenvalue weighted by Gasteiger charge is 2.24. The highest BCUT2D eigenvalue weighted by Crippen LogP contribution is 2.21. The van der Waals surface area contributed by atoms with Crippen LogP contribution in [0.15, 0.2) is 12.3 Å². The zero-order chi connectivity index (χ0) is 9.97. The van der Waals surface area contributed by atoms with Gasteiger partial charge in [0.2, 0.25) is 0 Å². The van der Waals surface area contributed by atoms with Crippen LogP contribution in [-0.2, 0) is 0 Å². The fraction of sp³-hybridized carbons (Fsp3) is 0.600. The molecule has 1 fully saturated rings. The van der Waals surface area contributed by atoms with E-state index in [-0.39, 0.29) is 12.1 Å². The first-order chi connectivity index (χ1) is 6.75. The highest BCUT2D eigenvalue weighted by molar-refractivity contribution is 5.34. The molecular weight excluding hydrogens is 178 g/mol. The molecule has 0 amide bonds. The molecule has 0 saturated heterocycles. The third-order valence-corrected chi connectivity index (χ3v) is 2.59. The normalized spacial score (nSPS) is 26.4. The summed E-state index contributed by atoms with van der Waals surface area (Å²) in [6.45, 7) is 1.86.